The standard InChI is InChI=1S/C6H12NO/c1-6(2)5-8-4-3-7-6/h4,7H,3,5H2,1-2H3. The lowest BCUT2D eigenvalue weighted by Crippen LogP contribution is -2.47. The maximum Gasteiger partial charge on any atom is 0.0974 e. The van der Waals surface area contributed by atoms with Crippen molar-refractivity contribution in [3.05, 3.63) is 6.61 Å². The summed E-state index contributed by atoms with van der Waals surface area (Å²) in [5.41, 5.74) is 0.175. The van der Waals surface area contributed by atoms with Crippen LogP contribution in [0.2, 0.25) is 0 Å². The summed E-state index contributed by atoms with van der Waals surface area (Å²) >= 11 is 0. The average Bonchev–Trinajstić information content (AvgIpc) is 1.65. The zero-order chi connectivity index (χ0) is 6.04. The molecule has 1 heterocycles. The van der Waals surface area contributed by atoms with E-state index in [9.17, 15) is 0 Å². The molecule has 2 nitrogen and oxygen atoms in total. The molecule has 1 rings (SSSR count). The maximum atomic E-state index is 5.10. The zero-order valence-electron chi connectivity index (χ0n) is 5.40. The Morgan fingerprint density at radius 2 is 2.38 bits per heavy atom. The van der Waals surface area contributed by atoms with E-state index in [0.717, 1.165) is 13.2 Å². The number of rotatable bonds is 0. The second-order valence-electron chi connectivity index (χ2n) is 2.74. The molecule has 0 aliphatic carbocycles. The van der Waals surface area contributed by atoms with Gasteiger partial charge in [-0.15, -0.1) is 0 Å². The summed E-state index contributed by atoms with van der Waals surface area (Å²) in [4.78, 5) is 0. The van der Waals surface area contributed by atoms with E-state index in [4.69, 9.17) is 4.74 Å². The first-order valence-corrected chi connectivity index (χ1v) is 2.89. The molecule has 0 saturated carbocycles. The lowest BCUT2D eigenvalue weighted by molar-refractivity contribution is 0.0898. The van der Waals surface area contributed by atoms with Crippen molar-refractivity contribution in [3.63, 3.8) is 0 Å². The number of hydrogen-bond acceptors (Lipinski definition) is 2. The smallest absolute Gasteiger partial charge is 0.0974 e. The molecule has 0 spiro atoms. The van der Waals surface area contributed by atoms with Crippen molar-refractivity contribution >= 4 is 0 Å². The zero-order valence-corrected chi connectivity index (χ0v) is 5.40. The van der Waals surface area contributed by atoms with Crippen LogP contribution in [-0.4, -0.2) is 18.7 Å². The highest BCUT2D eigenvalue weighted by molar-refractivity contribution is 4.82. The third kappa shape index (κ3) is 1.46. The molecular formula is C6H12NO. The van der Waals surface area contributed by atoms with Crippen molar-refractivity contribution < 1.29 is 4.74 Å². The third-order valence-electron chi connectivity index (χ3n) is 1.23. The van der Waals surface area contributed by atoms with Crippen LogP contribution >= 0.6 is 0 Å². The van der Waals surface area contributed by atoms with Crippen LogP contribution in [0, 0.1) is 6.61 Å². The predicted octanol–water partition coefficient (Wildman–Crippen LogP) is 0.547. The Morgan fingerprint density at radius 3 is 2.62 bits per heavy atom. The van der Waals surface area contributed by atoms with Crippen LogP contribution in [0.4, 0.5) is 0 Å². The fourth-order valence-corrected chi connectivity index (χ4v) is 0.695. The quantitative estimate of drug-likeness (QED) is 0.496. The van der Waals surface area contributed by atoms with Crippen molar-refractivity contribution in [2.75, 3.05) is 13.2 Å². The van der Waals surface area contributed by atoms with Crippen molar-refractivity contribution in [3.8, 4) is 0 Å². The summed E-state index contributed by atoms with van der Waals surface area (Å²) in [5, 5.41) is 3.28. The van der Waals surface area contributed by atoms with Crippen LogP contribution in [0.1, 0.15) is 13.8 Å². The predicted molar refractivity (Wildman–Crippen MR) is 32.3 cm³/mol. The summed E-state index contributed by atoms with van der Waals surface area (Å²) in [6.07, 6.45) is 0. The van der Waals surface area contributed by atoms with Crippen molar-refractivity contribution in [2.45, 2.75) is 19.4 Å². The number of morpholine rings is 1. The van der Waals surface area contributed by atoms with Gasteiger partial charge in [0.2, 0.25) is 0 Å². The van der Waals surface area contributed by atoms with Crippen molar-refractivity contribution in [2.24, 2.45) is 0 Å². The monoisotopic (exact) mass is 114 g/mol. The molecule has 0 unspecified atom stereocenters. The van der Waals surface area contributed by atoms with E-state index in [1.165, 1.54) is 0 Å². The van der Waals surface area contributed by atoms with E-state index >= 15 is 0 Å². The molecule has 1 fully saturated rings. The average molecular weight is 114 g/mol. The Labute approximate surface area is 50.2 Å². The van der Waals surface area contributed by atoms with Crippen LogP contribution in [-0.2, 0) is 4.74 Å². The first-order valence-electron chi connectivity index (χ1n) is 2.89. The molecule has 0 aromatic rings. The van der Waals surface area contributed by atoms with Crippen LogP contribution < -0.4 is 5.32 Å². The molecule has 1 N–H and O–H groups in total. The van der Waals surface area contributed by atoms with Crippen LogP contribution in [0.15, 0.2) is 0 Å². The number of hydrogen-bond donors (Lipinski definition) is 1. The minimum Gasteiger partial charge on any atom is -0.372 e. The Morgan fingerprint density at radius 1 is 1.62 bits per heavy atom. The molecule has 1 radical (unpaired) electrons. The third-order valence-corrected chi connectivity index (χ3v) is 1.23. The van der Waals surface area contributed by atoms with Crippen molar-refractivity contribution in [1.82, 2.24) is 5.32 Å². The lowest BCUT2D eigenvalue weighted by Gasteiger charge is -2.30. The van der Waals surface area contributed by atoms with Gasteiger partial charge in [0.1, 0.15) is 0 Å². The van der Waals surface area contributed by atoms with Gasteiger partial charge >= 0.3 is 0 Å². The molecule has 0 atom stereocenters. The second-order valence-corrected chi connectivity index (χ2v) is 2.74. The fourth-order valence-electron chi connectivity index (χ4n) is 0.695. The summed E-state index contributed by atoms with van der Waals surface area (Å²) in [6, 6.07) is 0. The summed E-state index contributed by atoms with van der Waals surface area (Å²) < 4.78 is 5.10. The molecule has 0 amide bonds. The van der Waals surface area contributed by atoms with E-state index in [1.54, 1.807) is 6.61 Å². The normalized spacial score (nSPS) is 27.8. The van der Waals surface area contributed by atoms with E-state index in [2.05, 4.69) is 19.2 Å². The van der Waals surface area contributed by atoms with E-state index in [-0.39, 0.29) is 5.54 Å². The van der Waals surface area contributed by atoms with Gasteiger partial charge < -0.3 is 10.1 Å². The molecule has 1 aliphatic heterocycles. The van der Waals surface area contributed by atoms with Gasteiger partial charge in [-0.05, 0) is 13.8 Å². The summed E-state index contributed by atoms with van der Waals surface area (Å²) in [6.45, 7) is 7.70. The molecular weight excluding hydrogens is 102 g/mol. The Hall–Kier alpha value is -0.0800. The van der Waals surface area contributed by atoms with Gasteiger partial charge in [0.25, 0.3) is 0 Å². The molecule has 0 aromatic carbocycles. The van der Waals surface area contributed by atoms with Gasteiger partial charge in [-0.2, -0.15) is 0 Å². The Bertz CT molecular complexity index is 72.6. The molecule has 8 heavy (non-hydrogen) atoms. The van der Waals surface area contributed by atoms with Crippen molar-refractivity contribution in [1.29, 1.82) is 0 Å². The summed E-state index contributed by atoms with van der Waals surface area (Å²) in [7, 11) is 0. The maximum absolute atomic E-state index is 5.10. The van der Waals surface area contributed by atoms with Gasteiger partial charge in [-0.25, -0.2) is 0 Å². The van der Waals surface area contributed by atoms with Crippen LogP contribution in [0.5, 0.6) is 0 Å². The van der Waals surface area contributed by atoms with Gasteiger partial charge in [0, 0.05) is 12.1 Å². The summed E-state index contributed by atoms with van der Waals surface area (Å²) in [5.74, 6) is 0. The van der Waals surface area contributed by atoms with Gasteiger partial charge in [0.15, 0.2) is 0 Å². The van der Waals surface area contributed by atoms with E-state index in [0.29, 0.717) is 0 Å². The Balaban J connectivity index is 2.33. The van der Waals surface area contributed by atoms with Gasteiger partial charge in [-0.3, -0.25) is 0 Å². The molecule has 1 aliphatic rings. The van der Waals surface area contributed by atoms with E-state index in [1.807, 2.05) is 0 Å². The van der Waals surface area contributed by atoms with Gasteiger partial charge in [-0.1, -0.05) is 0 Å². The van der Waals surface area contributed by atoms with E-state index < -0.39 is 0 Å². The molecule has 47 valence electrons. The minimum atomic E-state index is 0.175. The first kappa shape index (κ1) is 6.05. The van der Waals surface area contributed by atoms with Crippen LogP contribution in [0.3, 0.4) is 0 Å². The topological polar surface area (TPSA) is 21.3 Å². The molecule has 1 saturated heterocycles. The number of ether oxygens (including phenoxy) is 1. The molecule has 2 heteroatoms. The van der Waals surface area contributed by atoms with Crippen LogP contribution in [0.25, 0.3) is 0 Å². The minimum absolute atomic E-state index is 0.175. The molecule has 0 aromatic heterocycles. The lowest BCUT2D eigenvalue weighted by atomic mass is 10.1. The molecule has 0 bridgehead atoms. The fraction of sp³-hybridized carbons (Fsp3) is 0.833. The highest BCUT2D eigenvalue weighted by Crippen LogP contribution is 2.07. The number of nitrogens with one attached hydrogen (secondary N) is 1. The largest absolute Gasteiger partial charge is 0.372 e. The first-order chi connectivity index (χ1) is 3.71. The Kier molecular flexibility index (Phi) is 1.54. The van der Waals surface area contributed by atoms with Gasteiger partial charge in [0.05, 0.1) is 13.2 Å². The highest BCUT2D eigenvalue weighted by atomic mass is 16.5. The highest BCUT2D eigenvalue weighted by Gasteiger charge is 2.20. The second kappa shape index (κ2) is 2.03. The SMILES string of the molecule is CC1(C)CO[CH]CN1.